The third-order valence-electron chi connectivity index (χ3n) is 4.35. The Labute approximate surface area is 157 Å². The van der Waals surface area contributed by atoms with Gasteiger partial charge >= 0.3 is 0 Å². The molecule has 0 aliphatic heterocycles. The van der Waals surface area contributed by atoms with Crippen LogP contribution in [0.5, 0.6) is 0 Å². The number of hydrazine groups is 1. The first kappa shape index (κ1) is 20.6. The molecule has 26 heavy (non-hydrogen) atoms. The fourth-order valence-corrected chi connectivity index (χ4v) is 3.94. The van der Waals surface area contributed by atoms with E-state index < -0.39 is 15.9 Å². The number of carbonyl (C=O) groups excluding carboxylic acids is 2. The summed E-state index contributed by atoms with van der Waals surface area (Å²) in [5.74, 6) is -1.07. The van der Waals surface area contributed by atoms with Crippen molar-refractivity contribution in [1.29, 1.82) is 0 Å². The summed E-state index contributed by atoms with van der Waals surface area (Å²) in [6.45, 7) is 0. The van der Waals surface area contributed by atoms with E-state index in [0.717, 1.165) is 38.2 Å². The minimum atomic E-state index is -3.93. The molecule has 0 spiro atoms. The number of hydrogen-bond donors (Lipinski definition) is 2. The van der Waals surface area contributed by atoms with Crippen LogP contribution in [-0.2, 0) is 19.7 Å². The molecule has 0 saturated heterocycles. The number of halogens is 1. The van der Waals surface area contributed by atoms with E-state index in [4.69, 9.17) is 16.4 Å². The number of benzene rings is 1. The Morgan fingerprint density at radius 1 is 1.19 bits per heavy atom. The molecule has 0 radical (unpaired) electrons. The van der Waals surface area contributed by atoms with Crippen molar-refractivity contribution in [2.75, 3.05) is 14.2 Å². The molecule has 144 valence electrons. The van der Waals surface area contributed by atoms with E-state index in [1.165, 1.54) is 26.3 Å². The maximum absolute atomic E-state index is 12.3. The molecule has 1 saturated carbocycles. The van der Waals surface area contributed by atoms with Crippen LogP contribution in [0, 0.1) is 5.92 Å². The first-order chi connectivity index (χ1) is 12.3. The maximum Gasteiger partial charge on any atom is 0.271 e. The van der Waals surface area contributed by atoms with Gasteiger partial charge in [-0.2, -0.15) is 0 Å². The van der Waals surface area contributed by atoms with Gasteiger partial charge in [0.05, 0.1) is 22.6 Å². The lowest BCUT2D eigenvalue weighted by molar-refractivity contribution is -0.126. The van der Waals surface area contributed by atoms with Crippen molar-refractivity contribution in [3.63, 3.8) is 0 Å². The summed E-state index contributed by atoms with van der Waals surface area (Å²) in [6.07, 6.45) is 4.68. The van der Waals surface area contributed by atoms with Gasteiger partial charge in [0.2, 0.25) is 5.91 Å². The average molecular weight is 404 g/mol. The van der Waals surface area contributed by atoms with Crippen LogP contribution < -0.4 is 10.9 Å². The highest BCUT2D eigenvalue weighted by Gasteiger charge is 2.25. The molecule has 2 N–H and O–H groups in total. The summed E-state index contributed by atoms with van der Waals surface area (Å²) in [5, 5.41) is 0.0634. The monoisotopic (exact) mass is 403 g/mol. The van der Waals surface area contributed by atoms with E-state index >= 15 is 0 Å². The Bertz CT molecular complexity index is 778. The molecular formula is C16H22ClN3O5S. The van der Waals surface area contributed by atoms with Gasteiger partial charge in [-0.1, -0.05) is 35.3 Å². The van der Waals surface area contributed by atoms with Crippen LogP contribution >= 0.6 is 11.6 Å². The standard InChI is InChI=1S/C16H22ClN3O5S/c1-20(25-2)26(23,24)12-8-9-14(17)13(10-12)16(22)19-18-15(21)11-6-4-3-5-7-11/h8-11H,3-7H2,1-2H3,(H,18,21)(H,19,22). The highest BCUT2D eigenvalue weighted by molar-refractivity contribution is 7.89. The fraction of sp³-hybridized carbons (Fsp3) is 0.500. The number of sulfonamides is 1. The molecule has 10 heteroatoms. The van der Waals surface area contributed by atoms with Crippen LogP contribution in [0.25, 0.3) is 0 Å². The minimum absolute atomic E-state index is 0.0634. The molecule has 1 fully saturated rings. The first-order valence-electron chi connectivity index (χ1n) is 8.20. The van der Waals surface area contributed by atoms with Crippen LogP contribution in [-0.4, -0.2) is 38.9 Å². The van der Waals surface area contributed by atoms with Crippen molar-refractivity contribution in [3.8, 4) is 0 Å². The van der Waals surface area contributed by atoms with Crippen molar-refractivity contribution in [2.45, 2.75) is 37.0 Å². The summed E-state index contributed by atoms with van der Waals surface area (Å²) in [5.41, 5.74) is 4.62. The Morgan fingerprint density at radius 3 is 2.46 bits per heavy atom. The largest absolute Gasteiger partial charge is 0.288 e. The fourth-order valence-electron chi connectivity index (χ4n) is 2.74. The third-order valence-corrected chi connectivity index (χ3v) is 6.36. The van der Waals surface area contributed by atoms with Gasteiger partial charge in [0.1, 0.15) is 0 Å². The number of nitrogens with zero attached hydrogens (tertiary/aromatic N) is 1. The van der Waals surface area contributed by atoms with E-state index in [-0.39, 0.29) is 27.3 Å². The van der Waals surface area contributed by atoms with Crippen LogP contribution in [0.15, 0.2) is 23.1 Å². The smallest absolute Gasteiger partial charge is 0.271 e. The zero-order valence-electron chi connectivity index (χ0n) is 14.6. The van der Waals surface area contributed by atoms with Crippen LogP contribution in [0.3, 0.4) is 0 Å². The van der Waals surface area contributed by atoms with E-state index in [9.17, 15) is 18.0 Å². The van der Waals surface area contributed by atoms with Crippen molar-refractivity contribution < 1.29 is 22.8 Å². The molecule has 8 nitrogen and oxygen atoms in total. The van der Waals surface area contributed by atoms with E-state index in [1.807, 2.05) is 0 Å². The zero-order valence-corrected chi connectivity index (χ0v) is 16.2. The lowest BCUT2D eigenvalue weighted by atomic mass is 9.89. The predicted octanol–water partition coefficient (Wildman–Crippen LogP) is 1.86. The Morgan fingerprint density at radius 2 is 1.85 bits per heavy atom. The van der Waals surface area contributed by atoms with Crippen molar-refractivity contribution >= 4 is 33.4 Å². The molecule has 0 bridgehead atoms. The third kappa shape index (κ3) is 4.73. The summed E-state index contributed by atoms with van der Waals surface area (Å²) in [7, 11) is -1.48. The molecule has 0 heterocycles. The number of hydroxylamine groups is 1. The number of carbonyl (C=O) groups is 2. The van der Waals surface area contributed by atoms with Crippen LogP contribution in [0.2, 0.25) is 5.02 Å². The number of nitrogens with one attached hydrogen (secondary N) is 2. The topological polar surface area (TPSA) is 105 Å². The second-order valence-electron chi connectivity index (χ2n) is 6.02. The second-order valence-corrected chi connectivity index (χ2v) is 8.36. The summed E-state index contributed by atoms with van der Waals surface area (Å²) in [4.78, 5) is 29.0. The van der Waals surface area contributed by atoms with Gasteiger partial charge in [-0.05, 0) is 31.0 Å². The molecule has 1 aromatic rings. The van der Waals surface area contributed by atoms with Gasteiger partial charge < -0.3 is 0 Å². The lowest BCUT2D eigenvalue weighted by Crippen LogP contribution is -2.45. The van der Waals surface area contributed by atoms with Crippen LogP contribution in [0.4, 0.5) is 0 Å². The van der Waals surface area contributed by atoms with Crippen LogP contribution in [0.1, 0.15) is 42.5 Å². The molecule has 0 atom stereocenters. The maximum atomic E-state index is 12.3. The number of rotatable bonds is 5. The normalized spacial score (nSPS) is 15.7. The molecule has 2 rings (SSSR count). The number of hydrogen-bond acceptors (Lipinski definition) is 5. The summed E-state index contributed by atoms with van der Waals surface area (Å²) in [6, 6.07) is 3.70. The first-order valence-corrected chi connectivity index (χ1v) is 10.0. The molecule has 0 unspecified atom stereocenters. The second kappa shape index (κ2) is 8.81. The number of amides is 2. The molecule has 2 amide bonds. The van der Waals surface area contributed by atoms with E-state index in [0.29, 0.717) is 4.47 Å². The van der Waals surface area contributed by atoms with Gasteiger partial charge in [-0.15, -0.1) is 0 Å². The Kier molecular flexibility index (Phi) is 6.99. The van der Waals surface area contributed by atoms with Crippen molar-refractivity contribution in [2.24, 2.45) is 5.92 Å². The van der Waals surface area contributed by atoms with Crippen molar-refractivity contribution in [3.05, 3.63) is 28.8 Å². The quantitative estimate of drug-likeness (QED) is 0.730. The van der Waals surface area contributed by atoms with Gasteiger partial charge in [-0.3, -0.25) is 25.3 Å². The predicted molar refractivity (Wildman–Crippen MR) is 95.6 cm³/mol. The van der Waals surface area contributed by atoms with Gasteiger partial charge in [0, 0.05) is 13.0 Å². The zero-order chi connectivity index (χ0) is 19.3. The average Bonchev–Trinajstić information content (AvgIpc) is 2.65. The Hall–Kier alpha value is -1.68. The van der Waals surface area contributed by atoms with Gasteiger partial charge in [-0.25, -0.2) is 8.42 Å². The lowest BCUT2D eigenvalue weighted by Gasteiger charge is -2.21. The molecular weight excluding hydrogens is 382 g/mol. The van der Waals surface area contributed by atoms with Crippen molar-refractivity contribution in [1.82, 2.24) is 15.3 Å². The SMILES string of the molecule is CON(C)S(=O)(=O)c1ccc(Cl)c(C(=O)NNC(=O)C2CCCCC2)c1. The minimum Gasteiger partial charge on any atom is -0.288 e. The van der Waals surface area contributed by atoms with E-state index in [1.54, 1.807) is 0 Å². The van der Waals surface area contributed by atoms with E-state index in [2.05, 4.69) is 10.9 Å². The van der Waals surface area contributed by atoms with Gasteiger partial charge in [0.15, 0.2) is 0 Å². The highest BCUT2D eigenvalue weighted by atomic mass is 35.5. The highest BCUT2D eigenvalue weighted by Crippen LogP contribution is 2.24. The molecule has 1 aromatic carbocycles. The Balaban J connectivity index is 2.11. The molecule has 1 aliphatic carbocycles. The summed E-state index contributed by atoms with van der Waals surface area (Å²) < 4.78 is 25.2. The molecule has 1 aliphatic rings. The van der Waals surface area contributed by atoms with Gasteiger partial charge in [0.25, 0.3) is 15.9 Å². The summed E-state index contributed by atoms with van der Waals surface area (Å²) >= 11 is 6.01. The molecule has 0 aromatic heterocycles.